The van der Waals surface area contributed by atoms with Gasteiger partial charge in [0.15, 0.2) is 0 Å². The molecule has 0 radical (unpaired) electrons. The molecule has 1 aromatic carbocycles. The largest absolute Gasteiger partial charge is 0.480 e. The van der Waals surface area contributed by atoms with E-state index in [0.29, 0.717) is 10.9 Å². The van der Waals surface area contributed by atoms with E-state index in [1.54, 1.807) is 24.3 Å². The zero-order valence-corrected chi connectivity index (χ0v) is 12.6. The molecule has 0 aliphatic rings. The minimum Gasteiger partial charge on any atom is -0.480 e. The number of aryl methyl sites for hydroxylation is 1. The number of carbonyl (C=O) groups is 2. The van der Waals surface area contributed by atoms with Crippen LogP contribution in [0.2, 0.25) is 5.02 Å². The number of carboxylic acid groups (broad SMARTS) is 1. The van der Waals surface area contributed by atoms with Crippen LogP contribution in [-0.4, -0.2) is 33.8 Å². The van der Waals surface area contributed by atoms with Gasteiger partial charge in [-0.05, 0) is 6.07 Å². The van der Waals surface area contributed by atoms with Crippen LogP contribution in [0.3, 0.4) is 0 Å². The molecule has 0 saturated carbocycles. The molecular formula is C14H12ClF3N2O3. The topological polar surface area (TPSA) is 71.3 Å². The molecule has 2 N–H and O–H groups in total. The standard InChI is InChI=1S/C14H12ClF3N2O3/c1-20-9-5-3-2-4-7(9)10(15)11(20)12(21)19-8(13(22)23)6-14(16,17)18/h2-5,8H,6H2,1H3,(H,19,21)(H,22,23). The first-order valence-electron chi connectivity index (χ1n) is 6.45. The maximum atomic E-state index is 12.4. The van der Waals surface area contributed by atoms with Gasteiger partial charge in [-0.25, -0.2) is 4.79 Å². The molecule has 124 valence electrons. The Morgan fingerprint density at radius 1 is 1.35 bits per heavy atom. The molecule has 2 rings (SSSR count). The summed E-state index contributed by atoms with van der Waals surface area (Å²) in [5.41, 5.74) is 0.506. The van der Waals surface area contributed by atoms with Crippen molar-refractivity contribution in [2.75, 3.05) is 0 Å². The van der Waals surface area contributed by atoms with E-state index in [0.717, 1.165) is 0 Å². The highest BCUT2D eigenvalue weighted by Crippen LogP contribution is 2.30. The quantitative estimate of drug-likeness (QED) is 0.892. The summed E-state index contributed by atoms with van der Waals surface area (Å²) in [6, 6.07) is 4.65. The molecule has 1 atom stereocenters. The van der Waals surface area contributed by atoms with E-state index >= 15 is 0 Å². The third kappa shape index (κ3) is 3.58. The number of carbonyl (C=O) groups excluding carboxylic acids is 1. The average molecular weight is 349 g/mol. The van der Waals surface area contributed by atoms with E-state index in [2.05, 4.69) is 0 Å². The summed E-state index contributed by atoms with van der Waals surface area (Å²) < 4.78 is 38.6. The number of aromatic nitrogens is 1. The number of halogens is 4. The van der Waals surface area contributed by atoms with Crippen LogP contribution in [0.25, 0.3) is 10.9 Å². The van der Waals surface area contributed by atoms with Crippen molar-refractivity contribution in [2.45, 2.75) is 18.6 Å². The lowest BCUT2D eigenvalue weighted by atomic mass is 10.2. The fraction of sp³-hybridized carbons (Fsp3) is 0.286. The highest BCUT2D eigenvalue weighted by Gasteiger charge is 2.37. The Morgan fingerprint density at radius 3 is 2.48 bits per heavy atom. The minimum absolute atomic E-state index is 0.0525. The summed E-state index contributed by atoms with van der Waals surface area (Å²) in [5.74, 6) is -2.75. The number of para-hydroxylation sites is 1. The van der Waals surface area contributed by atoms with Gasteiger partial charge in [-0.3, -0.25) is 4.79 Å². The van der Waals surface area contributed by atoms with Gasteiger partial charge in [0.25, 0.3) is 5.91 Å². The molecule has 2 aromatic rings. The van der Waals surface area contributed by atoms with Crippen LogP contribution in [0.15, 0.2) is 24.3 Å². The number of carboxylic acids is 1. The fourth-order valence-electron chi connectivity index (χ4n) is 2.26. The second kappa shape index (κ2) is 6.11. The normalized spacial score (nSPS) is 13.1. The van der Waals surface area contributed by atoms with Crippen LogP contribution in [0.4, 0.5) is 13.2 Å². The lowest BCUT2D eigenvalue weighted by Gasteiger charge is -2.16. The Morgan fingerprint density at radius 2 is 1.96 bits per heavy atom. The molecule has 0 spiro atoms. The second-order valence-corrected chi connectivity index (χ2v) is 5.30. The van der Waals surface area contributed by atoms with Crippen LogP contribution < -0.4 is 5.32 Å². The first kappa shape index (κ1) is 17.1. The number of hydrogen-bond donors (Lipinski definition) is 2. The molecule has 5 nitrogen and oxygen atoms in total. The molecule has 1 unspecified atom stereocenters. The highest BCUT2D eigenvalue weighted by atomic mass is 35.5. The number of aliphatic carboxylic acids is 1. The molecule has 0 bridgehead atoms. The van der Waals surface area contributed by atoms with E-state index < -0.39 is 30.5 Å². The number of rotatable bonds is 4. The predicted octanol–water partition coefficient (Wildman–Crippen LogP) is 2.97. The zero-order chi connectivity index (χ0) is 17.4. The summed E-state index contributed by atoms with van der Waals surface area (Å²) in [4.78, 5) is 23.1. The minimum atomic E-state index is -4.72. The van der Waals surface area contributed by atoms with Crippen molar-refractivity contribution in [3.8, 4) is 0 Å². The number of amides is 1. The molecule has 1 aromatic heterocycles. The average Bonchev–Trinajstić information content (AvgIpc) is 2.69. The van der Waals surface area contributed by atoms with Crippen molar-refractivity contribution in [1.29, 1.82) is 0 Å². The summed E-state index contributed by atoms with van der Waals surface area (Å²) in [5, 5.41) is 11.3. The zero-order valence-electron chi connectivity index (χ0n) is 11.8. The fourth-order valence-corrected chi connectivity index (χ4v) is 2.63. The second-order valence-electron chi connectivity index (χ2n) is 4.92. The van der Waals surface area contributed by atoms with Crippen molar-refractivity contribution >= 4 is 34.4 Å². The molecule has 0 aliphatic heterocycles. The summed E-state index contributed by atoms with van der Waals surface area (Å²) >= 11 is 6.10. The van der Waals surface area contributed by atoms with Gasteiger partial charge in [-0.1, -0.05) is 29.8 Å². The summed E-state index contributed by atoms with van der Waals surface area (Å²) in [6.07, 6.45) is -6.39. The molecule has 1 amide bonds. The Balaban J connectivity index is 2.35. The van der Waals surface area contributed by atoms with Crippen molar-refractivity contribution in [1.82, 2.24) is 9.88 Å². The third-order valence-electron chi connectivity index (χ3n) is 3.30. The molecule has 0 aliphatic carbocycles. The smallest absolute Gasteiger partial charge is 0.391 e. The lowest BCUT2D eigenvalue weighted by molar-refractivity contribution is -0.157. The summed E-state index contributed by atoms with van der Waals surface area (Å²) in [7, 11) is 1.52. The molecular weight excluding hydrogens is 337 g/mol. The predicted molar refractivity (Wildman–Crippen MR) is 77.5 cm³/mol. The Kier molecular flexibility index (Phi) is 4.56. The van der Waals surface area contributed by atoms with E-state index in [4.69, 9.17) is 16.7 Å². The number of alkyl halides is 3. The Bertz CT molecular complexity index is 731. The van der Waals surface area contributed by atoms with Crippen molar-refractivity contribution in [3.63, 3.8) is 0 Å². The van der Waals surface area contributed by atoms with E-state index in [9.17, 15) is 22.8 Å². The van der Waals surface area contributed by atoms with Gasteiger partial charge in [0.1, 0.15) is 11.7 Å². The van der Waals surface area contributed by atoms with Crippen LogP contribution in [-0.2, 0) is 11.8 Å². The number of nitrogens with one attached hydrogen (secondary N) is 1. The van der Waals surface area contributed by atoms with Gasteiger partial charge < -0.3 is 15.0 Å². The number of benzene rings is 1. The highest BCUT2D eigenvalue weighted by molar-refractivity contribution is 6.38. The molecule has 1 heterocycles. The first-order chi connectivity index (χ1) is 10.6. The van der Waals surface area contributed by atoms with Gasteiger partial charge in [0.05, 0.1) is 11.4 Å². The number of nitrogens with zero attached hydrogens (tertiary/aromatic N) is 1. The number of fused-ring (bicyclic) bond motifs is 1. The van der Waals surface area contributed by atoms with Gasteiger partial charge >= 0.3 is 12.1 Å². The van der Waals surface area contributed by atoms with Gasteiger partial charge in [-0.15, -0.1) is 0 Å². The van der Waals surface area contributed by atoms with Crippen LogP contribution >= 0.6 is 11.6 Å². The molecule has 23 heavy (non-hydrogen) atoms. The van der Waals surface area contributed by atoms with E-state index in [-0.39, 0.29) is 10.7 Å². The van der Waals surface area contributed by atoms with Gasteiger partial charge in [0, 0.05) is 18.0 Å². The number of hydrogen-bond acceptors (Lipinski definition) is 2. The summed E-state index contributed by atoms with van der Waals surface area (Å²) in [6.45, 7) is 0. The van der Waals surface area contributed by atoms with Crippen LogP contribution in [0.1, 0.15) is 16.9 Å². The van der Waals surface area contributed by atoms with Crippen molar-refractivity contribution < 1.29 is 27.9 Å². The SMILES string of the molecule is Cn1c(C(=O)NC(CC(F)(F)F)C(=O)O)c(Cl)c2ccccc21. The van der Waals surface area contributed by atoms with Gasteiger partial charge in [0.2, 0.25) is 0 Å². The Hall–Kier alpha value is -2.22. The van der Waals surface area contributed by atoms with E-state index in [1.165, 1.54) is 11.6 Å². The maximum absolute atomic E-state index is 12.4. The molecule has 0 fully saturated rings. The van der Waals surface area contributed by atoms with Crippen molar-refractivity contribution in [2.24, 2.45) is 7.05 Å². The first-order valence-corrected chi connectivity index (χ1v) is 6.83. The van der Waals surface area contributed by atoms with Crippen LogP contribution in [0.5, 0.6) is 0 Å². The van der Waals surface area contributed by atoms with E-state index in [1.807, 2.05) is 5.32 Å². The molecule has 0 saturated heterocycles. The van der Waals surface area contributed by atoms with Crippen molar-refractivity contribution in [3.05, 3.63) is 35.0 Å². The van der Waals surface area contributed by atoms with Gasteiger partial charge in [-0.2, -0.15) is 13.2 Å². The van der Waals surface area contributed by atoms with Crippen LogP contribution in [0, 0.1) is 0 Å². The lowest BCUT2D eigenvalue weighted by Crippen LogP contribution is -2.44. The third-order valence-corrected chi connectivity index (χ3v) is 3.68. The molecule has 9 heteroatoms. The Labute approximate surface area is 133 Å². The monoisotopic (exact) mass is 348 g/mol. The maximum Gasteiger partial charge on any atom is 0.391 e.